The number of carbonyl (C=O) groups is 1. The molecule has 2 N–H and O–H groups in total. The van der Waals surface area contributed by atoms with Crippen LogP contribution in [0, 0.1) is 0 Å². The average Bonchev–Trinajstić information content (AvgIpc) is 3.35. The van der Waals surface area contributed by atoms with E-state index >= 15 is 0 Å². The van der Waals surface area contributed by atoms with Gasteiger partial charge in [-0.05, 0) is 40.8 Å². The quantitative estimate of drug-likeness (QED) is 0.579. The van der Waals surface area contributed by atoms with Gasteiger partial charge in [-0.25, -0.2) is 4.98 Å². The van der Waals surface area contributed by atoms with Crippen LogP contribution in [0.3, 0.4) is 0 Å². The Morgan fingerprint density at radius 3 is 2.75 bits per heavy atom. The zero-order valence-electron chi connectivity index (χ0n) is 15.3. The van der Waals surface area contributed by atoms with Gasteiger partial charge in [-0.15, -0.1) is 0 Å². The Morgan fingerprint density at radius 2 is 1.89 bits per heavy atom. The molecule has 0 fully saturated rings. The molecule has 0 saturated heterocycles. The number of nitrogens with zero attached hydrogens (tertiary/aromatic N) is 4. The number of pyridine rings is 2. The molecular weight excluding hydrogens is 352 g/mol. The van der Waals surface area contributed by atoms with Gasteiger partial charge in [-0.2, -0.15) is 5.10 Å². The fourth-order valence-electron chi connectivity index (χ4n) is 3.44. The van der Waals surface area contributed by atoms with Gasteiger partial charge >= 0.3 is 0 Å². The Labute approximate surface area is 161 Å². The van der Waals surface area contributed by atoms with Crippen LogP contribution in [0.25, 0.3) is 22.0 Å². The Hall–Kier alpha value is -3.58. The highest BCUT2D eigenvalue weighted by Gasteiger charge is 2.14. The SMILES string of the molecule is Cn1cc(-c2cc3cc(NC(=O)c4ccc5c(c4)CNC5)ncc3cn2)cn1. The topological polar surface area (TPSA) is 84.7 Å². The molecule has 7 nitrogen and oxygen atoms in total. The van der Waals surface area contributed by atoms with E-state index in [1.54, 1.807) is 23.3 Å². The van der Waals surface area contributed by atoms with Crippen LogP contribution in [0.2, 0.25) is 0 Å². The van der Waals surface area contributed by atoms with Crippen molar-refractivity contribution < 1.29 is 4.79 Å². The summed E-state index contributed by atoms with van der Waals surface area (Å²) in [6, 6.07) is 9.64. The van der Waals surface area contributed by atoms with Gasteiger partial charge in [0, 0.05) is 55.2 Å². The van der Waals surface area contributed by atoms with Crippen molar-refractivity contribution in [1.29, 1.82) is 0 Å². The molecule has 0 saturated carbocycles. The van der Waals surface area contributed by atoms with E-state index in [1.165, 1.54) is 11.1 Å². The molecule has 0 unspecified atom stereocenters. The Bertz CT molecular complexity index is 1210. The summed E-state index contributed by atoms with van der Waals surface area (Å²) in [5.74, 6) is 0.350. The van der Waals surface area contributed by atoms with E-state index in [2.05, 4.69) is 25.7 Å². The second-order valence-electron chi connectivity index (χ2n) is 6.93. The first-order chi connectivity index (χ1) is 13.7. The van der Waals surface area contributed by atoms with Gasteiger partial charge in [0.1, 0.15) is 5.82 Å². The highest BCUT2D eigenvalue weighted by atomic mass is 16.1. The summed E-state index contributed by atoms with van der Waals surface area (Å²) in [5, 5.41) is 12.2. The third-order valence-corrected chi connectivity index (χ3v) is 4.94. The van der Waals surface area contributed by atoms with Crippen LogP contribution >= 0.6 is 0 Å². The van der Waals surface area contributed by atoms with Crippen LogP contribution in [0.15, 0.2) is 55.1 Å². The minimum Gasteiger partial charge on any atom is -0.309 e. The van der Waals surface area contributed by atoms with E-state index in [0.29, 0.717) is 11.4 Å². The van der Waals surface area contributed by atoms with Gasteiger partial charge in [0.25, 0.3) is 5.91 Å². The maximum atomic E-state index is 12.6. The van der Waals surface area contributed by atoms with Crippen molar-refractivity contribution in [1.82, 2.24) is 25.1 Å². The summed E-state index contributed by atoms with van der Waals surface area (Å²) in [4.78, 5) is 21.5. The van der Waals surface area contributed by atoms with Crippen LogP contribution in [0.5, 0.6) is 0 Å². The molecule has 1 aliphatic rings. The lowest BCUT2D eigenvalue weighted by Gasteiger charge is -2.08. The average molecular weight is 370 g/mol. The largest absolute Gasteiger partial charge is 0.309 e. The third-order valence-electron chi connectivity index (χ3n) is 4.94. The first kappa shape index (κ1) is 16.6. The molecule has 28 heavy (non-hydrogen) atoms. The fraction of sp³-hybridized carbons (Fsp3) is 0.143. The number of rotatable bonds is 3. The molecule has 3 aromatic heterocycles. The summed E-state index contributed by atoms with van der Waals surface area (Å²) >= 11 is 0. The zero-order valence-corrected chi connectivity index (χ0v) is 15.3. The van der Waals surface area contributed by atoms with Crippen molar-refractivity contribution in [2.24, 2.45) is 7.05 Å². The van der Waals surface area contributed by atoms with Gasteiger partial charge in [-0.3, -0.25) is 14.5 Å². The van der Waals surface area contributed by atoms with E-state index in [-0.39, 0.29) is 5.91 Å². The predicted molar refractivity (Wildman–Crippen MR) is 107 cm³/mol. The first-order valence-corrected chi connectivity index (χ1v) is 9.04. The highest BCUT2D eigenvalue weighted by molar-refractivity contribution is 6.04. The van der Waals surface area contributed by atoms with E-state index in [0.717, 1.165) is 35.1 Å². The summed E-state index contributed by atoms with van der Waals surface area (Å²) in [6.07, 6.45) is 7.20. The smallest absolute Gasteiger partial charge is 0.256 e. The van der Waals surface area contributed by atoms with Crippen LogP contribution in [0.4, 0.5) is 5.82 Å². The molecule has 0 spiro atoms. The number of anilines is 1. The number of aromatic nitrogens is 4. The van der Waals surface area contributed by atoms with Gasteiger partial charge in [0.2, 0.25) is 0 Å². The van der Waals surface area contributed by atoms with Crippen molar-refractivity contribution >= 4 is 22.5 Å². The number of carbonyl (C=O) groups excluding carboxylic acids is 1. The van der Waals surface area contributed by atoms with Gasteiger partial charge in [-0.1, -0.05) is 6.07 Å². The standard InChI is InChI=1S/C21H18N6O/c1-27-12-18(11-25-27)19-5-15-6-20(24-10-17(15)9-23-19)26-21(28)13-2-3-14-7-22-8-16(14)4-13/h2-6,9-12,22H,7-8H2,1H3,(H,24,26,28). The second-order valence-corrected chi connectivity index (χ2v) is 6.93. The molecule has 4 aromatic rings. The maximum absolute atomic E-state index is 12.6. The van der Waals surface area contributed by atoms with E-state index in [4.69, 9.17) is 0 Å². The van der Waals surface area contributed by atoms with Crippen LogP contribution in [-0.4, -0.2) is 25.7 Å². The maximum Gasteiger partial charge on any atom is 0.256 e. The van der Waals surface area contributed by atoms with Crippen LogP contribution in [0.1, 0.15) is 21.5 Å². The lowest BCUT2D eigenvalue weighted by molar-refractivity contribution is 0.102. The minimum atomic E-state index is -0.164. The summed E-state index contributed by atoms with van der Waals surface area (Å²) in [7, 11) is 1.87. The summed E-state index contributed by atoms with van der Waals surface area (Å²) < 4.78 is 1.74. The zero-order chi connectivity index (χ0) is 19.1. The lowest BCUT2D eigenvalue weighted by Crippen LogP contribution is -2.13. The number of benzene rings is 1. The number of amides is 1. The predicted octanol–water partition coefficient (Wildman–Crippen LogP) is 2.89. The molecular formula is C21H18N6O. The Kier molecular flexibility index (Phi) is 3.87. The normalized spacial score (nSPS) is 12.9. The molecule has 1 aliphatic heterocycles. The minimum absolute atomic E-state index is 0.164. The molecule has 0 atom stereocenters. The molecule has 1 aromatic carbocycles. The first-order valence-electron chi connectivity index (χ1n) is 9.04. The van der Waals surface area contributed by atoms with Gasteiger partial charge in [0.15, 0.2) is 0 Å². The van der Waals surface area contributed by atoms with E-state index in [9.17, 15) is 4.79 Å². The van der Waals surface area contributed by atoms with Gasteiger partial charge in [0.05, 0.1) is 11.9 Å². The van der Waals surface area contributed by atoms with Crippen LogP contribution < -0.4 is 10.6 Å². The van der Waals surface area contributed by atoms with E-state index < -0.39 is 0 Å². The van der Waals surface area contributed by atoms with Crippen molar-refractivity contribution in [3.8, 4) is 11.3 Å². The summed E-state index contributed by atoms with van der Waals surface area (Å²) in [5.41, 5.74) is 4.82. The number of fused-ring (bicyclic) bond motifs is 2. The van der Waals surface area contributed by atoms with Gasteiger partial charge < -0.3 is 10.6 Å². The lowest BCUT2D eigenvalue weighted by atomic mass is 10.1. The Morgan fingerprint density at radius 1 is 1.04 bits per heavy atom. The van der Waals surface area contributed by atoms with Crippen molar-refractivity contribution in [2.75, 3.05) is 5.32 Å². The number of nitrogens with one attached hydrogen (secondary N) is 2. The third kappa shape index (κ3) is 3.01. The Balaban J connectivity index is 1.43. The molecule has 0 bridgehead atoms. The van der Waals surface area contributed by atoms with Crippen molar-refractivity contribution in [2.45, 2.75) is 13.1 Å². The molecule has 1 amide bonds. The highest BCUT2D eigenvalue weighted by Crippen LogP contribution is 2.23. The molecule has 0 aliphatic carbocycles. The number of hydrogen-bond donors (Lipinski definition) is 2. The van der Waals surface area contributed by atoms with Crippen molar-refractivity contribution in [3.63, 3.8) is 0 Å². The molecule has 4 heterocycles. The number of hydrogen-bond acceptors (Lipinski definition) is 5. The van der Waals surface area contributed by atoms with Crippen molar-refractivity contribution in [3.05, 3.63) is 71.8 Å². The molecule has 0 radical (unpaired) electrons. The molecule has 7 heteroatoms. The monoisotopic (exact) mass is 370 g/mol. The summed E-state index contributed by atoms with van der Waals surface area (Å²) in [6.45, 7) is 1.66. The van der Waals surface area contributed by atoms with E-state index in [1.807, 2.05) is 43.6 Å². The second kappa shape index (κ2) is 6.54. The fourth-order valence-corrected chi connectivity index (χ4v) is 3.44. The number of aryl methyl sites for hydroxylation is 1. The van der Waals surface area contributed by atoms with Crippen LogP contribution in [-0.2, 0) is 20.1 Å². The molecule has 138 valence electrons. The molecule has 5 rings (SSSR count).